The highest BCUT2D eigenvalue weighted by Crippen LogP contribution is 2.29. The van der Waals surface area contributed by atoms with E-state index in [1.807, 2.05) is 0 Å². The second kappa shape index (κ2) is 4.40. The van der Waals surface area contributed by atoms with Gasteiger partial charge in [-0.1, -0.05) is 17.2 Å². The molecule has 0 radical (unpaired) electrons. The lowest BCUT2D eigenvalue weighted by Gasteiger charge is -2.07. The van der Waals surface area contributed by atoms with Crippen LogP contribution in [0.4, 0.5) is 19.1 Å². The molecule has 0 aliphatic carbocycles. The molecular weight excluding hydrogens is 235 g/mol. The Morgan fingerprint density at radius 3 is 2.41 bits per heavy atom. The first-order valence-electron chi connectivity index (χ1n) is 4.69. The number of H-pyrrole nitrogens is 1. The Morgan fingerprint density at radius 2 is 1.88 bits per heavy atom. The lowest BCUT2D eigenvalue weighted by molar-refractivity contribution is -0.137. The molecule has 0 unspecified atom stereocenters. The highest BCUT2D eigenvalue weighted by atomic mass is 19.4. The summed E-state index contributed by atoms with van der Waals surface area (Å²) in [6.45, 7) is 0.331. The molecule has 5 nitrogen and oxygen atoms in total. The smallest absolute Gasteiger partial charge is 0.348 e. The van der Waals surface area contributed by atoms with Gasteiger partial charge in [-0.05, 0) is 22.9 Å². The standard InChI is InChI=1S/C9H8F3N5/c10-9(11,12)7-3-1-6(2-4-7)5-13-8-14-16-17-15-8/h1-4H,5H2,(H2,13,14,15,16,17). The first-order valence-corrected chi connectivity index (χ1v) is 4.69. The number of rotatable bonds is 3. The van der Waals surface area contributed by atoms with E-state index in [2.05, 4.69) is 25.9 Å². The second-order valence-electron chi connectivity index (χ2n) is 3.28. The van der Waals surface area contributed by atoms with Crippen LogP contribution in [-0.4, -0.2) is 20.6 Å². The Labute approximate surface area is 94.0 Å². The van der Waals surface area contributed by atoms with Gasteiger partial charge in [0, 0.05) is 6.54 Å². The fraction of sp³-hybridized carbons (Fsp3) is 0.222. The van der Waals surface area contributed by atoms with Crippen LogP contribution in [0.1, 0.15) is 11.1 Å². The molecule has 1 aromatic heterocycles. The zero-order chi connectivity index (χ0) is 12.3. The molecule has 0 aliphatic rings. The predicted molar refractivity (Wildman–Crippen MR) is 52.9 cm³/mol. The summed E-state index contributed by atoms with van der Waals surface area (Å²) in [4.78, 5) is 0. The first kappa shape index (κ1) is 11.4. The van der Waals surface area contributed by atoms with Crippen molar-refractivity contribution in [2.75, 3.05) is 5.32 Å². The molecule has 17 heavy (non-hydrogen) atoms. The van der Waals surface area contributed by atoms with E-state index in [-0.39, 0.29) is 0 Å². The number of hydrogen-bond acceptors (Lipinski definition) is 4. The van der Waals surface area contributed by atoms with E-state index in [9.17, 15) is 13.2 Å². The summed E-state index contributed by atoms with van der Waals surface area (Å²) in [6.07, 6.45) is -4.31. The van der Waals surface area contributed by atoms with Crippen molar-refractivity contribution in [3.63, 3.8) is 0 Å². The summed E-state index contributed by atoms with van der Waals surface area (Å²) in [6, 6.07) is 4.87. The number of tetrazole rings is 1. The van der Waals surface area contributed by atoms with E-state index in [0.717, 1.165) is 12.1 Å². The number of nitrogens with one attached hydrogen (secondary N) is 2. The molecule has 0 saturated carbocycles. The number of halogens is 3. The maximum atomic E-state index is 12.3. The van der Waals surface area contributed by atoms with Crippen LogP contribution >= 0.6 is 0 Å². The molecule has 2 aromatic rings. The fourth-order valence-corrected chi connectivity index (χ4v) is 1.23. The Bertz CT molecular complexity index is 462. The van der Waals surface area contributed by atoms with Crippen LogP contribution in [0.15, 0.2) is 24.3 Å². The molecular formula is C9H8F3N5. The van der Waals surface area contributed by atoms with E-state index in [0.29, 0.717) is 18.1 Å². The topological polar surface area (TPSA) is 66.5 Å². The number of nitrogens with zero attached hydrogens (tertiary/aromatic N) is 3. The van der Waals surface area contributed by atoms with E-state index >= 15 is 0 Å². The Hall–Kier alpha value is -2.12. The van der Waals surface area contributed by atoms with Crippen molar-refractivity contribution in [3.8, 4) is 0 Å². The maximum absolute atomic E-state index is 12.3. The molecule has 0 bridgehead atoms. The van der Waals surface area contributed by atoms with Gasteiger partial charge in [0.05, 0.1) is 5.56 Å². The lowest BCUT2D eigenvalue weighted by atomic mass is 10.1. The van der Waals surface area contributed by atoms with Gasteiger partial charge in [-0.15, -0.1) is 5.10 Å². The number of alkyl halides is 3. The van der Waals surface area contributed by atoms with Crippen molar-refractivity contribution in [1.82, 2.24) is 20.6 Å². The van der Waals surface area contributed by atoms with Crippen molar-refractivity contribution in [2.24, 2.45) is 0 Å². The van der Waals surface area contributed by atoms with Gasteiger partial charge in [0.2, 0.25) is 0 Å². The number of aromatic nitrogens is 4. The normalized spacial score (nSPS) is 11.5. The van der Waals surface area contributed by atoms with Gasteiger partial charge < -0.3 is 5.32 Å². The average Bonchev–Trinajstić information content (AvgIpc) is 2.78. The van der Waals surface area contributed by atoms with Crippen LogP contribution in [0.25, 0.3) is 0 Å². The summed E-state index contributed by atoms with van der Waals surface area (Å²) in [7, 11) is 0. The van der Waals surface area contributed by atoms with E-state index in [1.165, 1.54) is 12.1 Å². The molecule has 0 atom stereocenters. The van der Waals surface area contributed by atoms with E-state index in [1.54, 1.807) is 0 Å². The minimum Gasteiger partial charge on any atom is -0.348 e. The number of benzene rings is 1. The van der Waals surface area contributed by atoms with Gasteiger partial charge in [0.25, 0.3) is 5.95 Å². The Kier molecular flexibility index (Phi) is 2.94. The molecule has 1 aromatic carbocycles. The van der Waals surface area contributed by atoms with Gasteiger partial charge in [-0.25, -0.2) is 0 Å². The zero-order valence-electron chi connectivity index (χ0n) is 8.49. The minimum atomic E-state index is -4.31. The van der Waals surface area contributed by atoms with Gasteiger partial charge >= 0.3 is 6.18 Å². The van der Waals surface area contributed by atoms with Crippen LogP contribution < -0.4 is 5.32 Å². The molecule has 0 amide bonds. The predicted octanol–water partition coefficient (Wildman–Crippen LogP) is 1.83. The fourth-order valence-electron chi connectivity index (χ4n) is 1.23. The summed E-state index contributed by atoms with van der Waals surface area (Å²) in [5, 5.41) is 15.7. The number of anilines is 1. The molecule has 0 fully saturated rings. The molecule has 1 heterocycles. The van der Waals surface area contributed by atoms with Crippen molar-refractivity contribution in [3.05, 3.63) is 35.4 Å². The van der Waals surface area contributed by atoms with Crippen LogP contribution in [0.5, 0.6) is 0 Å². The van der Waals surface area contributed by atoms with Crippen LogP contribution in [0.2, 0.25) is 0 Å². The summed E-state index contributed by atoms with van der Waals surface area (Å²) in [5.74, 6) is 0.296. The zero-order valence-corrected chi connectivity index (χ0v) is 8.49. The first-order chi connectivity index (χ1) is 8.05. The van der Waals surface area contributed by atoms with Crippen LogP contribution in [-0.2, 0) is 12.7 Å². The third kappa shape index (κ3) is 2.92. The summed E-state index contributed by atoms with van der Waals surface area (Å²) in [5.41, 5.74) is 0.0311. The molecule has 2 rings (SSSR count). The average molecular weight is 243 g/mol. The summed E-state index contributed by atoms with van der Waals surface area (Å²) < 4.78 is 36.8. The molecule has 2 N–H and O–H groups in total. The highest BCUT2D eigenvalue weighted by molar-refractivity contribution is 5.28. The molecule has 0 spiro atoms. The highest BCUT2D eigenvalue weighted by Gasteiger charge is 2.29. The van der Waals surface area contributed by atoms with E-state index < -0.39 is 11.7 Å². The van der Waals surface area contributed by atoms with Gasteiger partial charge in [-0.3, -0.25) is 0 Å². The largest absolute Gasteiger partial charge is 0.416 e. The van der Waals surface area contributed by atoms with Gasteiger partial charge in [0.1, 0.15) is 0 Å². The number of hydrogen-bond donors (Lipinski definition) is 2. The van der Waals surface area contributed by atoms with Crippen LogP contribution in [0, 0.1) is 0 Å². The second-order valence-corrected chi connectivity index (χ2v) is 3.28. The molecule has 90 valence electrons. The molecule has 0 aliphatic heterocycles. The monoisotopic (exact) mass is 243 g/mol. The Balaban J connectivity index is 1.99. The Morgan fingerprint density at radius 1 is 1.18 bits per heavy atom. The van der Waals surface area contributed by atoms with Crippen molar-refractivity contribution in [1.29, 1.82) is 0 Å². The third-order valence-electron chi connectivity index (χ3n) is 2.08. The van der Waals surface area contributed by atoms with E-state index in [4.69, 9.17) is 0 Å². The lowest BCUT2D eigenvalue weighted by Crippen LogP contribution is -2.06. The molecule has 8 heteroatoms. The molecule has 0 saturated heterocycles. The van der Waals surface area contributed by atoms with Crippen molar-refractivity contribution in [2.45, 2.75) is 12.7 Å². The summed E-state index contributed by atoms with van der Waals surface area (Å²) >= 11 is 0. The van der Waals surface area contributed by atoms with Gasteiger partial charge in [-0.2, -0.15) is 18.4 Å². The SMILES string of the molecule is FC(F)(F)c1ccc(CNc2nn[nH]n2)cc1. The minimum absolute atomic E-state index is 0.296. The third-order valence-corrected chi connectivity index (χ3v) is 2.08. The van der Waals surface area contributed by atoms with Gasteiger partial charge in [0.15, 0.2) is 0 Å². The van der Waals surface area contributed by atoms with Crippen molar-refractivity contribution >= 4 is 5.95 Å². The van der Waals surface area contributed by atoms with Crippen molar-refractivity contribution < 1.29 is 13.2 Å². The van der Waals surface area contributed by atoms with Crippen LogP contribution in [0.3, 0.4) is 0 Å². The number of aromatic amines is 1. The maximum Gasteiger partial charge on any atom is 0.416 e. The quantitative estimate of drug-likeness (QED) is 0.863.